The van der Waals surface area contributed by atoms with Crippen LogP contribution in [0, 0.1) is 0 Å². The van der Waals surface area contributed by atoms with Gasteiger partial charge < -0.3 is 15.3 Å². The van der Waals surface area contributed by atoms with Crippen LogP contribution in [0.3, 0.4) is 0 Å². The van der Waals surface area contributed by atoms with Gasteiger partial charge in [-0.3, -0.25) is 0 Å². The van der Waals surface area contributed by atoms with Gasteiger partial charge in [0.25, 0.3) is 0 Å². The first-order valence-electron chi connectivity index (χ1n) is 10.7. The molecule has 0 aliphatic carbocycles. The molecule has 32 heavy (non-hydrogen) atoms. The molecule has 4 aromatic carbocycles. The van der Waals surface area contributed by atoms with E-state index in [9.17, 15) is 15.3 Å². The normalized spacial score (nSPS) is 12.0. The van der Waals surface area contributed by atoms with Crippen molar-refractivity contribution >= 4 is 0 Å². The molecule has 0 aliphatic rings. The third-order valence-corrected chi connectivity index (χ3v) is 6.65. The topological polar surface area (TPSA) is 60.7 Å². The number of hydrogen-bond acceptors (Lipinski definition) is 3. The van der Waals surface area contributed by atoms with E-state index >= 15 is 0 Å². The summed E-state index contributed by atoms with van der Waals surface area (Å²) in [5.41, 5.74) is 3.12. The van der Waals surface area contributed by atoms with E-state index < -0.39 is 10.8 Å². The number of benzene rings is 4. The van der Waals surface area contributed by atoms with Crippen molar-refractivity contribution in [2.75, 3.05) is 0 Å². The maximum absolute atomic E-state index is 10.7. The van der Waals surface area contributed by atoms with Gasteiger partial charge in [-0.05, 0) is 36.2 Å². The third kappa shape index (κ3) is 3.50. The smallest absolute Gasteiger partial charge is 0.120 e. The van der Waals surface area contributed by atoms with Gasteiger partial charge in [0.05, 0.1) is 0 Å². The van der Waals surface area contributed by atoms with Gasteiger partial charge >= 0.3 is 0 Å². The van der Waals surface area contributed by atoms with Gasteiger partial charge in [0, 0.05) is 27.5 Å². The fourth-order valence-corrected chi connectivity index (χ4v) is 4.63. The van der Waals surface area contributed by atoms with Crippen molar-refractivity contribution in [1.29, 1.82) is 0 Å². The first-order valence-corrected chi connectivity index (χ1v) is 10.7. The second-order valence-electron chi connectivity index (χ2n) is 8.88. The zero-order valence-electron chi connectivity index (χ0n) is 18.6. The molecule has 3 N–H and O–H groups in total. The van der Waals surface area contributed by atoms with Gasteiger partial charge in [0.15, 0.2) is 0 Å². The predicted molar refractivity (Wildman–Crippen MR) is 128 cm³/mol. The minimum Gasteiger partial charge on any atom is -0.508 e. The van der Waals surface area contributed by atoms with Crippen LogP contribution >= 0.6 is 0 Å². The van der Waals surface area contributed by atoms with Crippen LogP contribution in [0.1, 0.15) is 48.6 Å². The van der Waals surface area contributed by atoms with Crippen LogP contribution in [0.5, 0.6) is 17.2 Å². The van der Waals surface area contributed by atoms with Crippen molar-refractivity contribution in [3.63, 3.8) is 0 Å². The molecule has 0 amide bonds. The van der Waals surface area contributed by atoms with Gasteiger partial charge in [-0.2, -0.15) is 0 Å². The first kappa shape index (κ1) is 21.5. The quantitative estimate of drug-likeness (QED) is 0.321. The zero-order valence-corrected chi connectivity index (χ0v) is 18.6. The molecule has 0 atom stereocenters. The third-order valence-electron chi connectivity index (χ3n) is 6.65. The highest BCUT2D eigenvalue weighted by Crippen LogP contribution is 2.46. The van der Waals surface area contributed by atoms with E-state index in [-0.39, 0.29) is 17.2 Å². The molecule has 3 heteroatoms. The Hall–Kier alpha value is -3.72. The SMILES string of the molecule is CC(C)(c1ccc(C(C)(c2ccccc2O)c2ccccc2O)cc1)c1ccccc1O. The summed E-state index contributed by atoms with van der Waals surface area (Å²) in [5, 5.41) is 31.8. The monoisotopic (exact) mass is 424 g/mol. The summed E-state index contributed by atoms with van der Waals surface area (Å²) in [5.74, 6) is 0.628. The Bertz CT molecular complexity index is 1190. The van der Waals surface area contributed by atoms with Gasteiger partial charge in [-0.25, -0.2) is 0 Å². The molecule has 162 valence electrons. The van der Waals surface area contributed by atoms with Crippen molar-refractivity contribution in [2.45, 2.75) is 31.6 Å². The summed E-state index contributed by atoms with van der Waals surface area (Å²) >= 11 is 0. The molecule has 0 saturated carbocycles. The summed E-state index contributed by atoms with van der Waals surface area (Å²) in [4.78, 5) is 0. The molecule has 0 aliphatic heterocycles. The molecule has 0 radical (unpaired) electrons. The van der Waals surface area contributed by atoms with Crippen molar-refractivity contribution in [2.24, 2.45) is 0 Å². The van der Waals surface area contributed by atoms with Crippen LogP contribution in [-0.2, 0) is 10.8 Å². The van der Waals surface area contributed by atoms with Crippen molar-refractivity contribution in [3.8, 4) is 17.2 Å². The molecule has 0 spiro atoms. The maximum atomic E-state index is 10.7. The summed E-state index contributed by atoms with van der Waals surface area (Å²) in [7, 11) is 0. The Morgan fingerprint density at radius 3 is 1.19 bits per heavy atom. The molecule has 0 bridgehead atoms. The minimum atomic E-state index is -0.770. The van der Waals surface area contributed by atoms with E-state index in [0.29, 0.717) is 11.1 Å². The fraction of sp³-hybridized carbons (Fsp3) is 0.172. The second-order valence-corrected chi connectivity index (χ2v) is 8.88. The van der Waals surface area contributed by atoms with Crippen LogP contribution < -0.4 is 0 Å². The fourth-order valence-electron chi connectivity index (χ4n) is 4.63. The Balaban J connectivity index is 1.87. The van der Waals surface area contributed by atoms with Crippen LogP contribution in [0.4, 0.5) is 0 Å². The highest BCUT2D eigenvalue weighted by Gasteiger charge is 2.36. The Morgan fingerprint density at radius 2 is 0.781 bits per heavy atom. The molecule has 0 heterocycles. The standard InChI is InChI=1S/C29H28O3/c1-28(2,22-10-4-7-13-25(22)30)20-16-18-21(19-17-20)29(3,23-11-5-8-14-26(23)31)24-12-6-9-15-27(24)32/h4-19,30-32H,1-3H3. The van der Waals surface area contributed by atoms with Crippen LogP contribution in [0.25, 0.3) is 0 Å². The van der Waals surface area contributed by atoms with E-state index in [0.717, 1.165) is 16.7 Å². The molecule has 0 unspecified atom stereocenters. The molecule has 3 nitrogen and oxygen atoms in total. The van der Waals surface area contributed by atoms with E-state index in [1.54, 1.807) is 30.3 Å². The van der Waals surface area contributed by atoms with Crippen LogP contribution in [0.2, 0.25) is 0 Å². The molecule has 4 aromatic rings. The number of phenolic OH excluding ortho intramolecular Hbond substituents is 3. The Labute approximate surface area is 189 Å². The van der Waals surface area contributed by atoms with Gasteiger partial charge in [-0.1, -0.05) is 92.7 Å². The molecule has 0 aromatic heterocycles. The van der Waals surface area contributed by atoms with Gasteiger partial charge in [-0.15, -0.1) is 0 Å². The summed E-state index contributed by atoms with van der Waals surface area (Å²) in [6, 6.07) is 30.1. The summed E-state index contributed by atoms with van der Waals surface area (Å²) in [6.45, 7) is 6.19. The molecule has 4 rings (SSSR count). The predicted octanol–water partition coefficient (Wildman–Crippen LogP) is 6.48. The van der Waals surface area contributed by atoms with E-state index in [4.69, 9.17) is 0 Å². The Kier molecular flexibility index (Phi) is 5.43. The number of rotatable bonds is 5. The minimum absolute atomic E-state index is 0.178. The number of aromatic hydroxyl groups is 3. The average Bonchev–Trinajstić information content (AvgIpc) is 2.79. The highest BCUT2D eigenvalue weighted by atomic mass is 16.3. The molecule has 0 fully saturated rings. The lowest BCUT2D eigenvalue weighted by molar-refractivity contribution is 0.441. The maximum Gasteiger partial charge on any atom is 0.120 e. The average molecular weight is 425 g/mol. The van der Waals surface area contributed by atoms with Crippen molar-refractivity contribution < 1.29 is 15.3 Å². The summed E-state index contributed by atoms with van der Waals surface area (Å²) < 4.78 is 0. The van der Waals surface area contributed by atoms with Crippen molar-refractivity contribution in [3.05, 3.63) is 125 Å². The molecular weight excluding hydrogens is 396 g/mol. The second kappa shape index (κ2) is 8.08. The first-order chi connectivity index (χ1) is 15.3. The lowest BCUT2D eigenvalue weighted by Crippen LogP contribution is -2.26. The van der Waals surface area contributed by atoms with Crippen LogP contribution in [0.15, 0.2) is 97.1 Å². The van der Waals surface area contributed by atoms with Crippen molar-refractivity contribution in [1.82, 2.24) is 0 Å². The van der Waals surface area contributed by atoms with Gasteiger partial charge in [0.1, 0.15) is 17.2 Å². The summed E-state index contributed by atoms with van der Waals surface area (Å²) in [6.07, 6.45) is 0. The van der Waals surface area contributed by atoms with Crippen LogP contribution in [-0.4, -0.2) is 15.3 Å². The molecular formula is C29H28O3. The zero-order chi connectivity index (χ0) is 22.9. The largest absolute Gasteiger partial charge is 0.508 e. The van der Waals surface area contributed by atoms with E-state index in [2.05, 4.69) is 26.0 Å². The van der Waals surface area contributed by atoms with E-state index in [1.807, 2.05) is 61.5 Å². The lowest BCUT2D eigenvalue weighted by atomic mass is 9.69. The number of phenols is 3. The van der Waals surface area contributed by atoms with Gasteiger partial charge in [0.2, 0.25) is 0 Å². The Morgan fingerprint density at radius 1 is 0.438 bits per heavy atom. The van der Waals surface area contributed by atoms with E-state index in [1.165, 1.54) is 0 Å². The number of para-hydroxylation sites is 3. The lowest BCUT2D eigenvalue weighted by Gasteiger charge is -2.34. The highest BCUT2D eigenvalue weighted by molar-refractivity contribution is 5.58. The molecule has 0 saturated heterocycles. The number of hydrogen-bond donors (Lipinski definition) is 3.